The van der Waals surface area contributed by atoms with Crippen LogP contribution in [0.4, 0.5) is 8.78 Å². The van der Waals surface area contributed by atoms with Crippen LogP contribution in [-0.4, -0.2) is 34.3 Å². The molecule has 0 bridgehead atoms. The van der Waals surface area contributed by atoms with Crippen LogP contribution in [0, 0.1) is 6.92 Å². The fourth-order valence-electron chi connectivity index (χ4n) is 2.58. The summed E-state index contributed by atoms with van der Waals surface area (Å²) < 4.78 is 31.9. The number of ketones is 1. The molecule has 1 amide bonds. The summed E-state index contributed by atoms with van der Waals surface area (Å²) in [7, 11) is 0. The molecule has 0 radical (unpaired) electrons. The van der Waals surface area contributed by atoms with Gasteiger partial charge in [-0.3, -0.25) is 9.59 Å². The third kappa shape index (κ3) is 4.36. The number of carbonyl (C=O) groups is 2. The van der Waals surface area contributed by atoms with E-state index in [1.807, 2.05) is 12.1 Å². The highest BCUT2D eigenvalue weighted by atomic mass is 79.9. The van der Waals surface area contributed by atoms with Crippen molar-refractivity contribution in [3.8, 4) is 11.3 Å². The fraction of sp³-hybridized carbons (Fsp3) is 0.211. The van der Waals surface area contributed by atoms with Crippen molar-refractivity contribution in [3.05, 3.63) is 63.6 Å². The Hall–Kier alpha value is -2.81. The van der Waals surface area contributed by atoms with E-state index in [0.29, 0.717) is 23.9 Å². The predicted octanol–water partition coefficient (Wildman–Crippen LogP) is 4.36. The third-order valence-corrected chi connectivity index (χ3v) is 4.49. The van der Waals surface area contributed by atoms with Crippen molar-refractivity contribution in [1.29, 1.82) is 0 Å². The molecular weight excluding hydrogens is 436 g/mol. The number of amides is 1. The Kier molecular flexibility index (Phi) is 5.46. The van der Waals surface area contributed by atoms with Gasteiger partial charge in [-0.25, -0.2) is 8.78 Å². The van der Waals surface area contributed by atoms with Crippen LogP contribution in [0.1, 0.15) is 39.1 Å². The molecule has 0 fully saturated rings. The number of carbonyl (C=O) groups excluding carboxylic acids is 2. The van der Waals surface area contributed by atoms with Crippen LogP contribution in [0.5, 0.6) is 0 Å². The highest BCUT2D eigenvalue weighted by Gasteiger charge is 2.25. The third-order valence-electron chi connectivity index (χ3n) is 3.96. The van der Waals surface area contributed by atoms with Gasteiger partial charge in [-0.2, -0.15) is 0 Å². The summed E-state index contributed by atoms with van der Waals surface area (Å²) in [5.41, 5.74) is 1.55. The van der Waals surface area contributed by atoms with E-state index >= 15 is 0 Å². The maximum Gasteiger partial charge on any atom is 0.267 e. The molecule has 0 atom stereocenters. The lowest BCUT2D eigenvalue weighted by Crippen LogP contribution is -2.34. The standard InChI is InChI=1S/C19H16BrF2N3O3/c1-10-15(16(25-28-10)11-3-5-13(20)6-4-11)17(26)12-7-14(23-8-12)18(27)24-9-19(2,21)22/h3-8,23H,9H2,1-2H3,(H,24,27). The second-order valence-electron chi connectivity index (χ2n) is 6.35. The van der Waals surface area contributed by atoms with Crippen LogP contribution in [-0.2, 0) is 0 Å². The largest absolute Gasteiger partial charge is 0.360 e. The average Bonchev–Trinajstić information content (AvgIpc) is 3.26. The smallest absolute Gasteiger partial charge is 0.267 e. The molecule has 1 aromatic carbocycles. The number of aryl methyl sites for hydroxylation is 1. The zero-order valence-corrected chi connectivity index (χ0v) is 16.6. The van der Waals surface area contributed by atoms with E-state index in [1.165, 1.54) is 12.3 Å². The van der Waals surface area contributed by atoms with Gasteiger partial charge in [-0.15, -0.1) is 0 Å². The maximum absolute atomic E-state index is 13.0. The number of aromatic nitrogens is 2. The van der Waals surface area contributed by atoms with Gasteiger partial charge >= 0.3 is 0 Å². The summed E-state index contributed by atoms with van der Waals surface area (Å²) >= 11 is 3.35. The van der Waals surface area contributed by atoms with E-state index in [0.717, 1.165) is 4.47 Å². The molecule has 3 aromatic rings. The topological polar surface area (TPSA) is 88.0 Å². The number of hydrogen-bond donors (Lipinski definition) is 2. The van der Waals surface area contributed by atoms with Gasteiger partial charge in [-0.1, -0.05) is 33.2 Å². The number of nitrogens with zero attached hydrogens (tertiary/aromatic N) is 1. The van der Waals surface area contributed by atoms with Crippen LogP contribution in [0.25, 0.3) is 11.3 Å². The molecule has 0 saturated heterocycles. The molecule has 0 spiro atoms. The zero-order chi connectivity index (χ0) is 20.5. The van der Waals surface area contributed by atoms with Crippen LogP contribution < -0.4 is 5.32 Å². The molecule has 2 N–H and O–H groups in total. The van der Waals surface area contributed by atoms with Gasteiger partial charge < -0.3 is 14.8 Å². The first-order chi connectivity index (χ1) is 13.2. The van der Waals surface area contributed by atoms with Crippen LogP contribution >= 0.6 is 15.9 Å². The first-order valence-corrected chi connectivity index (χ1v) is 9.06. The number of rotatable bonds is 6. The zero-order valence-electron chi connectivity index (χ0n) is 15.0. The minimum absolute atomic E-state index is 0.00639. The maximum atomic E-state index is 13.0. The van der Waals surface area contributed by atoms with Crippen LogP contribution in [0.2, 0.25) is 0 Å². The first-order valence-electron chi connectivity index (χ1n) is 8.27. The van der Waals surface area contributed by atoms with Crippen molar-refractivity contribution in [3.63, 3.8) is 0 Å². The summed E-state index contributed by atoms with van der Waals surface area (Å²) in [4.78, 5) is 27.6. The predicted molar refractivity (Wildman–Crippen MR) is 102 cm³/mol. The average molecular weight is 452 g/mol. The number of aromatic amines is 1. The quantitative estimate of drug-likeness (QED) is 0.545. The van der Waals surface area contributed by atoms with E-state index in [9.17, 15) is 18.4 Å². The molecule has 3 rings (SSSR count). The van der Waals surface area contributed by atoms with E-state index in [4.69, 9.17) is 4.52 Å². The molecule has 2 aromatic heterocycles. The van der Waals surface area contributed by atoms with Gasteiger partial charge in [0.2, 0.25) is 0 Å². The number of alkyl halides is 2. The summed E-state index contributed by atoms with van der Waals surface area (Å²) in [5, 5.41) is 6.09. The second kappa shape index (κ2) is 7.67. The Balaban J connectivity index is 1.86. The number of halogens is 3. The molecule has 0 aliphatic carbocycles. The summed E-state index contributed by atoms with van der Waals surface area (Å²) in [5.74, 6) is -3.82. The number of hydrogen-bond acceptors (Lipinski definition) is 4. The van der Waals surface area contributed by atoms with Crippen molar-refractivity contribution in [1.82, 2.24) is 15.5 Å². The van der Waals surface area contributed by atoms with E-state index in [-0.39, 0.29) is 16.8 Å². The molecule has 0 saturated carbocycles. The molecule has 146 valence electrons. The van der Waals surface area contributed by atoms with Gasteiger partial charge in [0.1, 0.15) is 17.1 Å². The Bertz CT molecular complexity index is 1020. The number of nitrogens with one attached hydrogen (secondary N) is 2. The fourth-order valence-corrected chi connectivity index (χ4v) is 2.84. The molecule has 0 aliphatic rings. The molecule has 9 heteroatoms. The molecule has 2 heterocycles. The monoisotopic (exact) mass is 451 g/mol. The number of benzene rings is 1. The van der Waals surface area contributed by atoms with Crippen molar-refractivity contribution < 1.29 is 22.9 Å². The Labute approximate surface area is 167 Å². The summed E-state index contributed by atoms with van der Waals surface area (Å²) in [6, 6.07) is 8.52. The molecule has 28 heavy (non-hydrogen) atoms. The Morgan fingerprint density at radius 1 is 1.29 bits per heavy atom. The minimum atomic E-state index is -3.03. The van der Waals surface area contributed by atoms with Crippen molar-refractivity contribution in [2.75, 3.05) is 6.54 Å². The van der Waals surface area contributed by atoms with E-state index < -0.39 is 24.2 Å². The first kappa shape index (κ1) is 19.9. The molecule has 0 aliphatic heterocycles. The van der Waals surface area contributed by atoms with Crippen LogP contribution in [0.15, 0.2) is 45.5 Å². The highest BCUT2D eigenvalue weighted by Crippen LogP contribution is 2.28. The lowest BCUT2D eigenvalue weighted by Gasteiger charge is -2.10. The normalized spacial score (nSPS) is 11.5. The van der Waals surface area contributed by atoms with E-state index in [2.05, 4.69) is 31.4 Å². The summed E-state index contributed by atoms with van der Waals surface area (Å²) in [6.45, 7) is 1.52. The number of H-pyrrole nitrogens is 1. The lowest BCUT2D eigenvalue weighted by atomic mass is 9.99. The summed E-state index contributed by atoms with van der Waals surface area (Å²) in [6.07, 6.45) is 1.35. The van der Waals surface area contributed by atoms with Gasteiger partial charge in [0.15, 0.2) is 5.78 Å². The van der Waals surface area contributed by atoms with Crippen molar-refractivity contribution in [2.24, 2.45) is 0 Å². The van der Waals surface area contributed by atoms with Crippen molar-refractivity contribution in [2.45, 2.75) is 19.8 Å². The SMILES string of the molecule is Cc1onc(-c2ccc(Br)cc2)c1C(=O)c1c[nH]c(C(=O)NCC(C)(F)F)c1. The van der Waals surface area contributed by atoms with Gasteiger partial charge in [0, 0.05) is 28.7 Å². The van der Waals surface area contributed by atoms with Gasteiger partial charge in [0.05, 0.1) is 12.1 Å². The van der Waals surface area contributed by atoms with Gasteiger partial charge in [-0.05, 0) is 25.1 Å². The van der Waals surface area contributed by atoms with E-state index in [1.54, 1.807) is 19.1 Å². The molecule has 6 nitrogen and oxygen atoms in total. The molecular formula is C19H16BrF2N3O3. The van der Waals surface area contributed by atoms with Gasteiger partial charge in [0.25, 0.3) is 11.8 Å². The van der Waals surface area contributed by atoms with Crippen LogP contribution in [0.3, 0.4) is 0 Å². The lowest BCUT2D eigenvalue weighted by molar-refractivity contribution is 0.0220. The Morgan fingerprint density at radius 2 is 1.96 bits per heavy atom. The van der Waals surface area contributed by atoms with Crippen molar-refractivity contribution >= 4 is 27.6 Å². The minimum Gasteiger partial charge on any atom is -0.360 e. The highest BCUT2D eigenvalue weighted by molar-refractivity contribution is 9.10. The Morgan fingerprint density at radius 3 is 2.61 bits per heavy atom. The molecule has 0 unspecified atom stereocenters. The second-order valence-corrected chi connectivity index (χ2v) is 7.27.